The largest absolute Gasteiger partial charge is 0.383 e. The van der Waals surface area contributed by atoms with Crippen LogP contribution in [0.3, 0.4) is 0 Å². The van der Waals surface area contributed by atoms with Crippen LogP contribution in [0.1, 0.15) is 32.6 Å². The van der Waals surface area contributed by atoms with Crippen LogP contribution in [-0.4, -0.2) is 21.8 Å². The Morgan fingerprint density at radius 2 is 2.10 bits per heavy atom. The van der Waals surface area contributed by atoms with Crippen LogP contribution in [0.2, 0.25) is 0 Å². The molecule has 1 heterocycles. The molecule has 2 unspecified atom stereocenters. The maximum atomic E-state index is 10.9. The monoisotopic (exact) mass is 290 g/mol. The third kappa shape index (κ3) is 2.68. The van der Waals surface area contributed by atoms with Crippen molar-refractivity contribution in [2.45, 2.75) is 32.6 Å². The Hall–Kier alpha value is -2.18. The number of nitro benzene ring substituents is 1. The average Bonchev–Trinajstić information content (AvgIpc) is 2.95. The van der Waals surface area contributed by atoms with Gasteiger partial charge < -0.3 is 5.32 Å². The molecule has 0 amide bonds. The van der Waals surface area contributed by atoms with Gasteiger partial charge >= 0.3 is 5.69 Å². The molecule has 112 valence electrons. The standard InChI is InChI=1S/C14H18N4O3/c1-9-4-2-3-5-10(9)8-15-11-6-7-12(18(19)20)14-13(11)16-21-17-14/h6-7,9-10,15H,2-5,8H2,1H3. The zero-order valence-electron chi connectivity index (χ0n) is 11.9. The number of fused-ring (bicyclic) bond motifs is 1. The molecule has 0 radical (unpaired) electrons. The molecule has 1 aliphatic carbocycles. The third-order valence-electron chi connectivity index (χ3n) is 4.43. The molecule has 1 aromatic heterocycles. The first-order valence-electron chi connectivity index (χ1n) is 7.30. The highest BCUT2D eigenvalue weighted by atomic mass is 16.6. The number of nitro groups is 1. The summed E-state index contributed by atoms with van der Waals surface area (Å²) in [5.74, 6) is 1.33. The van der Waals surface area contributed by atoms with Gasteiger partial charge in [0.2, 0.25) is 5.52 Å². The van der Waals surface area contributed by atoms with E-state index in [0.717, 1.165) is 12.2 Å². The number of aromatic nitrogens is 2. The predicted octanol–water partition coefficient (Wildman–Crippen LogP) is 3.37. The van der Waals surface area contributed by atoms with Crippen LogP contribution < -0.4 is 5.32 Å². The highest BCUT2D eigenvalue weighted by molar-refractivity contribution is 5.93. The Morgan fingerprint density at radius 3 is 2.86 bits per heavy atom. The Balaban J connectivity index is 1.80. The second kappa shape index (κ2) is 5.67. The lowest BCUT2D eigenvalue weighted by Crippen LogP contribution is -2.24. The molecular weight excluding hydrogens is 272 g/mol. The van der Waals surface area contributed by atoms with E-state index in [0.29, 0.717) is 17.4 Å². The summed E-state index contributed by atoms with van der Waals surface area (Å²) < 4.78 is 4.66. The minimum Gasteiger partial charge on any atom is -0.383 e. The fourth-order valence-electron chi connectivity index (χ4n) is 3.08. The van der Waals surface area contributed by atoms with Crippen molar-refractivity contribution >= 4 is 22.4 Å². The molecule has 7 heteroatoms. The Labute approximate surface area is 121 Å². The van der Waals surface area contributed by atoms with E-state index in [-0.39, 0.29) is 11.2 Å². The van der Waals surface area contributed by atoms with E-state index < -0.39 is 4.92 Å². The first kappa shape index (κ1) is 13.8. The molecule has 1 aromatic carbocycles. The zero-order valence-corrected chi connectivity index (χ0v) is 11.9. The summed E-state index contributed by atoms with van der Waals surface area (Å²) in [5.41, 5.74) is 1.28. The summed E-state index contributed by atoms with van der Waals surface area (Å²) in [6, 6.07) is 3.12. The van der Waals surface area contributed by atoms with Gasteiger partial charge in [-0.3, -0.25) is 10.1 Å². The predicted molar refractivity (Wildman–Crippen MR) is 78.1 cm³/mol. The molecule has 0 spiro atoms. The van der Waals surface area contributed by atoms with E-state index in [2.05, 4.69) is 27.2 Å². The average molecular weight is 290 g/mol. The van der Waals surface area contributed by atoms with Crippen LogP contribution in [0.4, 0.5) is 11.4 Å². The van der Waals surface area contributed by atoms with Crippen molar-refractivity contribution in [3.05, 3.63) is 22.2 Å². The second-order valence-electron chi connectivity index (χ2n) is 5.75. The SMILES string of the molecule is CC1CCCCC1CNc1ccc([N+](=O)[O-])c2nonc12. The highest BCUT2D eigenvalue weighted by Crippen LogP contribution is 2.32. The number of nitrogens with zero attached hydrogens (tertiary/aromatic N) is 3. The van der Waals surface area contributed by atoms with Gasteiger partial charge in [-0.2, -0.15) is 0 Å². The van der Waals surface area contributed by atoms with Gasteiger partial charge in [-0.25, -0.2) is 4.63 Å². The van der Waals surface area contributed by atoms with E-state index in [1.165, 1.54) is 31.7 Å². The molecule has 1 aliphatic rings. The number of nitrogens with one attached hydrogen (secondary N) is 1. The number of hydrogen-bond acceptors (Lipinski definition) is 6. The number of benzene rings is 1. The second-order valence-corrected chi connectivity index (χ2v) is 5.75. The maximum absolute atomic E-state index is 10.9. The highest BCUT2D eigenvalue weighted by Gasteiger charge is 2.23. The fraction of sp³-hybridized carbons (Fsp3) is 0.571. The van der Waals surface area contributed by atoms with Crippen molar-refractivity contribution in [1.29, 1.82) is 0 Å². The van der Waals surface area contributed by atoms with Gasteiger partial charge in [0.15, 0.2) is 5.52 Å². The Kier molecular flexibility index (Phi) is 3.72. The van der Waals surface area contributed by atoms with Gasteiger partial charge in [0.05, 0.1) is 10.6 Å². The molecule has 7 nitrogen and oxygen atoms in total. The number of anilines is 1. The van der Waals surface area contributed by atoms with Gasteiger partial charge in [0.25, 0.3) is 0 Å². The van der Waals surface area contributed by atoms with Crippen molar-refractivity contribution in [2.24, 2.45) is 11.8 Å². The van der Waals surface area contributed by atoms with Crippen molar-refractivity contribution in [3.8, 4) is 0 Å². The van der Waals surface area contributed by atoms with Crippen molar-refractivity contribution in [3.63, 3.8) is 0 Å². The smallest absolute Gasteiger partial charge is 0.300 e. The van der Waals surface area contributed by atoms with Gasteiger partial charge in [-0.1, -0.05) is 26.2 Å². The van der Waals surface area contributed by atoms with Crippen LogP contribution in [0, 0.1) is 22.0 Å². The zero-order chi connectivity index (χ0) is 14.8. The minimum atomic E-state index is -0.473. The van der Waals surface area contributed by atoms with E-state index in [1.54, 1.807) is 6.07 Å². The normalized spacial score (nSPS) is 22.3. The lowest BCUT2D eigenvalue weighted by molar-refractivity contribution is -0.383. The van der Waals surface area contributed by atoms with Crippen LogP contribution >= 0.6 is 0 Å². The van der Waals surface area contributed by atoms with Crippen molar-refractivity contribution in [2.75, 3.05) is 11.9 Å². The van der Waals surface area contributed by atoms with Crippen LogP contribution in [0.5, 0.6) is 0 Å². The van der Waals surface area contributed by atoms with Crippen molar-refractivity contribution in [1.82, 2.24) is 10.3 Å². The van der Waals surface area contributed by atoms with Gasteiger partial charge in [0, 0.05) is 12.6 Å². The molecule has 2 atom stereocenters. The fourth-order valence-corrected chi connectivity index (χ4v) is 3.08. The topological polar surface area (TPSA) is 94.1 Å². The summed E-state index contributed by atoms with van der Waals surface area (Å²) in [4.78, 5) is 10.5. The summed E-state index contributed by atoms with van der Waals surface area (Å²) in [7, 11) is 0. The molecule has 3 rings (SSSR count). The Morgan fingerprint density at radius 1 is 1.33 bits per heavy atom. The lowest BCUT2D eigenvalue weighted by Gasteiger charge is -2.29. The van der Waals surface area contributed by atoms with Gasteiger partial charge in [0.1, 0.15) is 0 Å². The first-order chi connectivity index (χ1) is 10.2. The molecule has 1 saturated carbocycles. The molecule has 21 heavy (non-hydrogen) atoms. The lowest BCUT2D eigenvalue weighted by atomic mass is 9.80. The molecule has 1 N–H and O–H groups in total. The third-order valence-corrected chi connectivity index (χ3v) is 4.43. The van der Waals surface area contributed by atoms with Gasteiger partial charge in [-0.05, 0) is 34.6 Å². The molecule has 0 saturated heterocycles. The molecule has 0 aliphatic heterocycles. The van der Waals surface area contributed by atoms with Crippen molar-refractivity contribution < 1.29 is 9.55 Å². The number of rotatable bonds is 4. The van der Waals surface area contributed by atoms with Crippen LogP contribution in [0.15, 0.2) is 16.8 Å². The number of non-ortho nitro benzene ring substituents is 1. The van der Waals surface area contributed by atoms with Crippen LogP contribution in [-0.2, 0) is 0 Å². The molecule has 1 fully saturated rings. The Bertz CT molecular complexity index is 655. The van der Waals surface area contributed by atoms with E-state index in [9.17, 15) is 10.1 Å². The molecular formula is C14H18N4O3. The summed E-state index contributed by atoms with van der Waals surface area (Å²) in [6.45, 7) is 3.13. The van der Waals surface area contributed by atoms with E-state index in [4.69, 9.17) is 0 Å². The first-order valence-corrected chi connectivity index (χ1v) is 7.30. The minimum absolute atomic E-state index is 0.0807. The quantitative estimate of drug-likeness (QED) is 0.685. The number of hydrogen-bond donors (Lipinski definition) is 1. The summed E-state index contributed by atoms with van der Waals surface area (Å²) in [6.07, 6.45) is 5.08. The van der Waals surface area contributed by atoms with E-state index in [1.807, 2.05) is 0 Å². The molecule has 2 aromatic rings. The van der Waals surface area contributed by atoms with Gasteiger partial charge in [-0.15, -0.1) is 0 Å². The maximum Gasteiger partial charge on any atom is 0.300 e. The van der Waals surface area contributed by atoms with E-state index >= 15 is 0 Å². The van der Waals surface area contributed by atoms with Crippen LogP contribution in [0.25, 0.3) is 11.0 Å². The summed E-state index contributed by atoms with van der Waals surface area (Å²) >= 11 is 0. The molecule has 0 bridgehead atoms. The summed E-state index contributed by atoms with van der Waals surface area (Å²) in [5, 5.41) is 21.7.